The van der Waals surface area contributed by atoms with E-state index in [4.69, 9.17) is 16.4 Å². The molecule has 7 heteroatoms. The molecule has 0 aliphatic heterocycles. The van der Waals surface area contributed by atoms with E-state index >= 15 is 0 Å². The molecule has 0 saturated heterocycles. The number of fused-ring (bicyclic) bond motifs is 1. The average Bonchev–Trinajstić information content (AvgIpc) is 2.55. The van der Waals surface area contributed by atoms with Crippen molar-refractivity contribution in [1.29, 1.82) is 0 Å². The van der Waals surface area contributed by atoms with Crippen molar-refractivity contribution in [3.05, 3.63) is 63.7 Å². The Morgan fingerprint density at radius 2 is 1.96 bits per heavy atom. The van der Waals surface area contributed by atoms with Crippen molar-refractivity contribution in [3.8, 4) is 5.75 Å². The van der Waals surface area contributed by atoms with Gasteiger partial charge in [0.25, 0.3) is 0 Å². The molecule has 2 aromatic rings. The Morgan fingerprint density at radius 1 is 1.24 bits per heavy atom. The minimum atomic E-state index is -1.20. The van der Waals surface area contributed by atoms with Gasteiger partial charge in [-0.1, -0.05) is 23.7 Å². The monoisotopic (exact) mass is 365 g/mol. The molecule has 2 aromatic carbocycles. The summed E-state index contributed by atoms with van der Waals surface area (Å²) in [6, 6.07) is 6.26. The second-order valence-corrected chi connectivity index (χ2v) is 6.42. The van der Waals surface area contributed by atoms with E-state index in [1.807, 2.05) is 6.92 Å². The first-order valence-corrected chi connectivity index (χ1v) is 7.98. The van der Waals surface area contributed by atoms with E-state index in [1.165, 1.54) is 6.07 Å². The fraction of sp³-hybridized carbons (Fsp3) is 0.222. The van der Waals surface area contributed by atoms with Gasteiger partial charge in [0.2, 0.25) is 0 Å². The lowest BCUT2D eigenvalue weighted by Gasteiger charge is -2.22. The molecule has 1 atom stereocenters. The molecule has 0 bridgehead atoms. The summed E-state index contributed by atoms with van der Waals surface area (Å²) in [5.74, 6) is -2.93. The zero-order valence-electron chi connectivity index (χ0n) is 13.2. The fourth-order valence-electron chi connectivity index (χ4n) is 2.83. The maximum absolute atomic E-state index is 13.3. The van der Waals surface area contributed by atoms with Crippen LogP contribution in [-0.2, 0) is 11.3 Å². The second kappa shape index (κ2) is 6.80. The van der Waals surface area contributed by atoms with Crippen LogP contribution in [-0.4, -0.2) is 16.8 Å². The Balaban J connectivity index is 1.87. The number of rotatable bonds is 2. The number of carbonyl (C=O) groups excluding carboxylic acids is 1. The second-order valence-electron chi connectivity index (χ2n) is 6.02. The molecule has 0 spiro atoms. The number of halogens is 3. The van der Waals surface area contributed by atoms with Gasteiger partial charge in [0.15, 0.2) is 11.6 Å². The topological polar surface area (TPSA) is 58.9 Å². The van der Waals surface area contributed by atoms with Crippen LogP contribution in [0.2, 0.25) is 5.02 Å². The Labute approximate surface area is 147 Å². The van der Waals surface area contributed by atoms with E-state index in [-0.39, 0.29) is 22.3 Å². The maximum atomic E-state index is 13.3. The van der Waals surface area contributed by atoms with Crippen molar-refractivity contribution in [2.24, 2.45) is 11.1 Å². The van der Waals surface area contributed by atoms with E-state index in [0.717, 1.165) is 17.5 Å². The highest BCUT2D eigenvalue weighted by molar-refractivity contribution is 6.33. The van der Waals surface area contributed by atoms with E-state index in [2.05, 4.69) is 5.16 Å². The predicted octanol–water partition coefficient (Wildman–Crippen LogP) is 4.47. The first kappa shape index (κ1) is 17.4. The van der Waals surface area contributed by atoms with Crippen LogP contribution < -0.4 is 0 Å². The van der Waals surface area contributed by atoms with Gasteiger partial charge >= 0.3 is 5.97 Å². The highest BCUT2D eigenvalue weighted by Crippen LogP contribution is 2.29. The normalized spacial score (nSPS) is 18.1. The highest BCUT2D eigenvalue weighted by Gasteiger charge is 2.23. The highest BCUT2D eigenvalue weighted by atomic mass is 35.5. The summed E-state index contributed by atoms with van der Waals surface area (Å²) < 4.78 is 26.4. The van der Waals surface area contributed by atoms with Crippen LogP contribution in [0.4, 0.5) is 8.78 Å². The summed E-state index contributed by atoms with van der Waals surface area (Å²) in [5, 5.41) is 13.2. The molecular formula is C18H14ClF2NO3. The Hall–Kier alpha value is -2.47. The van der Waals surface area contributed by atoms with Gasteiger partial charge < -0.3 is 9.94 Å². The number of phenolic OH excluding ortho intramolecular Hbond substituents is 1. The molecule has 4 nitrogen and oxygen atoms in total. The summed E-state index contributed by atoms with van der Waals surface area (Å²) in [7, 11) is 0. The standard InChI is InChI=1S/C18H14ClF2NO3/c1-9-4-10-6-11(23)2-3-12(10)17(5-9)22-25-18(24)13-7-15(20)16(21)8-14(13)19/h2-3,6-9,23H,4-5H2,1H3/b22-17+. The molecule has 0 radical (unpaired) electrons. The quantitative estimate of drug-likeness (QED) is 0.485. The van der Waals surface area contributed by atoms with E-state index in [1.54, 1.807) is 12.1 Å². The van der Waals surface area contributed by atoms with Crippen molar-refractivity contribution in [3.63, 3.8) is 0 Å². The summed E-state index contributed by atoms with van der Waals surface area (Å²) in [6.07, 6.45) is 1.35. The molecule has 0 aromatic heterocycles. The first-order valence-electron chi connectivity index (χ1n) is 7.60. The molecule has 1 N–H and O–H groups in total. The number of carbonyl (C=O) groups is 1. The van der Waals surface area contributed by atoms with Crippen molar-refractivity contribution >= 4 is 23.3 Å². The number of hydrogen-bond acceptors (Lipinski definition) is 4. The number of oxime groups is 1. The van der Waals surface area contributed by atoms with Crippen molar-refractivity contribution < 1.29 is 23.5 Å². The molecule has 0 fully saturated rings. The van der Waals surface area contributed by atoms with Gasteiger partial charge in [-0.3, -0.25) is 0 Å². The molecule has 0 heterocycles. The van der Waals surface area contributed by atoms with Crippen LogP contribution in [0.25, 0.3) is 0 Å². The van der Waals surface area contributed by atoms with E-state index < -0.39 is 17.6 Å². The largest absolute Gasteiger partial charge is 0.508 e. The van der Waals surface area contributed by atoms with Gasteiger partial charge in [-0.25, -0.2) is 13.6 Å². The number of hydrogen-bond donors (Lipinski definition) is 1. The fourth-order valence-corrected chi connectivity index (χ4v) is 3.06. The van der Waals surface area contributed by atoms with Crippen LogP contribution in [0.1, 0.15) is 34.8 Å². The predicted molar refractivity (Wildman–Crippen MR) is 88.9 cm³/mol. The summed E-state index contributed by atoms with van der Waals surface area (Å²) in [6.45, 7) is 2.01. The third-order valence-corrected chi connectivity index (χ3v) is 4.29. The summed E-state index contributed by atoms with van der Waals surface area (Å²) >= 11 is 5.76. The van der Waals surface area contributed by atoms with Gasteiger partial charge in [0.1, 0.15) is 5.75 Å². The van der Waals surface area contributed by atoms with Gasteiger partial charge in [-0.15, -0.1) is 0 Å². The summed E-state index contributed by atoms with van der Waals surface area (Å²) in [5.41, 5.74) is 1.92. The maximum Gasteiger partial charge on any atom is 0.367 e. The number of benzene rings is 2. The van der Waals surface area contributed by atoms with Crippen molar-refractivity contribution in [1.82, 2.24) is 0 Å². The molecule has 1 aliphatic carbocycles. The molecule has 130 valence electrons. The van der Waals surface area contributed by atoms with Gasteiger partial charge in [-0.2, -0.15) is 0 Å². The zero-order chi connectivity index (χ0) is 18.1. The number of aromatic hydroxyl groups is 1. The minimum absolute atomic E-state index is 0.151. The lowest BCUT2D eigenvalue weighted by molar-refractivity contribution is 0.0514. The molecule has 0 saturated carbocycles. The molecular weight excluding hydrogens is 352 g/mol. The smallest absolute Gasteiger partial charge is 0.367 e. The van der Waals surface area contributed by atoms with Crippen LogP contribution in [0.3, 0.4) is 0 Å². The van der Waals surface area contributed by atoms with Crippen LogP contribution >= 0.6 is 11.6 Å². The van der Waals surface area contributed by atoms with Gasteiger partial charge in [0, 0.05) is 5.56 Å². The van der Waals surface area contributed by atoms with Crippen LogP contribution in [0.15, 0.2) is 35.5 Å². The molecule has 1 unspecified atom stereocenters. The zero-order valence-corrected chi connectivity index (χ0v) is 14.0. The van der Waals surface area contributed by atoms with E-state index in [9.17, 15) is 18.7 Å². The Morgan fingerprint density at radius 3 is 2.72 bits per heavy atom. The average molecular weight is 366 g/mol. The van der Waals surface area contributed by atoms with Crippen molar-refractivity contribution in [2.75, 3.05) is 0 Å². The molecule has 25 heavy (non-hydrogen) atoms. The third-order valence-electron chi connectivity index (χ3n) is 3.98. The SMILES string of the molecule is CC1C/C(=N\OC(=O)c2cc(F)c(F)cc2Cl)c2ccc(O)cc2C1. The van der Waals surface area contributed by atoms with Crippen LogP contribution in [0, 0.1) is 17.6 Å². The van der Waals surface area contributed by atoms with E-state index in [0.29, 0.717) is 24.3 Å². The lowest BCUT2D eigenvalue weighted by atomic mass is 9.83. The van der Waals surface area contributed by atoms with Crippen molar-refractivity contribution in [2.45, 2.75) is 19.8 Å². The molecule has 1 aliphatic rings. The minimum Gasteiger partial charge on any atom is -0.508 e. The Bertz CT molecular complexity index is 883. The Kier molecular flexibility index (Phi) is 4.72. The van der Waals surface area contributed by atoms with Crippen LogP contribution in [0.5, 0.6) is 5.75 Å². The summed E-state index contributed by atoms with van der Waals surface area (Å²) in [4.78, 5) is 17.0. The first-order chi connectivity index (χ1) is 11.8. The van der Waals surface area contributed by atoms with Gasteiger partial charge in [0.05, 0.1) is 16.3 Å². The molecule has 0 amide bonds. The third kappa shape index (κ3) is 3.64. The van der Waals surface area contributed by atoms with Gasteiger partial charge in [-0.05, 0) is 54.7 Å². The lowest BCUT2D eigenvalue weighted by Crippen LogP contribution is -2.19. The number of nitrogens with zero attached hydrogens (tertiary/aromatic N) is 1. The number of phenols is 1. The molecule has 3 rings (SSSR count).